The summed E-state index contributed by atoms with van der Waals surface area (Å²) in [6, 6.07) is 80.0. The molecule has 64 heavy (non-hydrogen) atoms. The molecule has 2 aliphatic rings. The van der Waals surface area contributed by atoms with Crippen LogP contribution in [0.1, 0.15) is 22.3 Å². The smallest absolute Gasteiger partial charge is 0.164 e. The summed E-state index contributed by atoms with van der Waals surface area (Å²) in [4.78, 5) is 23.2. The predicted octanol–water partition coefficient (Wildman–Crippen LogP) is 14.4. The summed E-state index contributed by atoms with van der Waals surface area (Å²) in [6.45, 7) is 0. The van der Waals surface area contributed by atoms with Gasteiger partial charge in [-0.1, -0.05) is 188 Å². The van der Waals surface area contributed by atoms with E-state index in [1.807, 2.05) is 60.7 Å². The standard InChI is InChI=1S/C59H37N5/c1-5-19-38(20-6-1)55-47-36-51-54(64(42-25-11-4-12-26-42)53-32-18-17-31-50(53)59(51)48-29-15-13-27-43(48)44-28-14-16-30-49(44)59)37-46(47)45-34-33-41(35-52(45)60-55)58-62-56(39-21-7-2-8-22-39)61-57(63-58)40-23-9-3-10-24-40/h1-37H. The van der Waals surface area contributed by atoms with Crippen LogP contribution in [-0.2, 0) is 5.41 Å². The highest BCUT2D eigenvalue weighted by atomic mass is 15.2. The second-order valence-electron chi connectivity index (χ2n) is 16.5. The van der Waals surface area contributed by atoms with Crippen molar-refractivity contribution in [2.24, 2.45) is 0 Å². The van der Waals surface area contributed by atoms with Crippen molar-refractivity contribution in [1.82, 2.24) is 19.9 Å². The van der Waals surface area contributed by atoms with E-state index < -0.39 is 5.41 Å². The first kappa shape index (κ1) is 36.1. The number of pyridine rings is 1. The third-order valence-electron chi connectivity index (χ3n) is 13.1. The van der Waals surface area contributed by atoms with E-state index in [0.717, 1.165) is 66.7 Å². The summed E-state index contributed by atoms with van der Waals surface area (Å²) in [5.74, 6) is 1.84. The maximum atomic E-state index is 5.61. The molecule has 1 spiro atoms. The largest absolute Gasteiger partial charge is 0.310 e. The van der Waals surface area contributed by atoms with E-state index in [4.69, 9.17) is 19.9 Å². The van der Waals surface area contributed by atoms with Crippen molar-refractivity contribution >= 4 is 38.7 Å². The molecule has 0 radical (unpaired) electrons. The molecule has 0 N–H and O–H groups in total. The van der Waals surface area contributed by atoms with Crippen LogP contribution in [0.15, 0.2) is 224 Å². The Hall–Kier alpha value is -8.54. The molecule has 1 aliphatic carbocycles. The molecule has 5 heteroatoms. The maximum absolute atomic E-state index is 5.61. The molecular weight excluding hydrogens is 779 g/mol. The molecule has 11 aromatic rings. The van der Waals surface area contributed by atoms with E-state index in [9.17, 15) is 0 Å². The third kappa shape index (κ3) is 5.37. The molecule has 13 rings (SSSR count). The Balaban J connectivity index is 1.12. The molecule has 0 unspecified atom stereocenters. The first-order valence-corrected chi connectivity index (χ1v) is 21.7. The second-order valence-corrected chi connectivity index (χ2v) is 16.5. The van der Waals surface area contributed by atoms with E-state index in [2.05, 4.69) is 169 Å². The van der Waals surface area contributed by atoms with Gasteiger partial charge in [-0.05, 0) is 75.2 Å². The molecule has 0 atom stereocenters. The predicted molar refractivity (Wildman–Crippen MR) is 260 cm³/mol. The highest BCUT2D eigenvalue weighted by Crippen LogP contribution is 2.64. The lowest BCUT2D eigenvalue weighted by Gasteiger charge is -2.45. The zero-order valence-electron chi connectivity index (χ0n) is 34.6. The van der Waals surface area contributed by atoms with Crippen molar-refractivity contribution in [2.45, 2.75) is 5.41 Å². The first-order chi connectivity index (χ1) is 31.7. The summed E-state index contributed by atoms with van der Waals surface area (Å²) < 4.78 is 0. The minimum Gasteiger partial charge on any atom is -0.310 e. The average Bonchev–Trinajstić information content (AvgIpc) is 3.67. The maximum Gasteiger partial charge on any atom is 0.164 e. The summed E-state index contributed by atoms with van der Waals surface area (Å²) >= 11 is 0. The minimum atomic E-state index is -0.586. The molecule has 2 aromatic heterocycles. The van der Waals surface area contributed by atoms with Crippen LogP contribution in [0.2, 0.25) is 0 Å². The number of para-hydroxylation sites is 2. The molecule has 5 nitrogen and oxygen atoms in total. The highest BCUT2D eigenvalue weighted by molar-refractivity contribution is 6.14. The van der Waals surface area contributed by atoms with Crippen LogP contribution < -0.4 is 4.90 Å². The van der Waals surface area contributed by atoms with Gasteiger partial charge in [0.05, 0.1) is 28.0 Å². The molecule has 3 heterocycles. The van der Waals surface area contributed by atoms with Gasteiger partial charge in [0.25, 0.3) is 0 Å². The summed E-state index contributed by atoms with van der Waals surface area (Å²) in [5, 5.41) is 3.27. The lowest BCUT2D eigenvalue weighted by atomic mass is 9.64. The zero-order chi connectivity index (χ0) is 42.2. The molecule has 0 saturated heterocycles. The number of hydrogen-bond donors (Lipinski definition) is 0. The quantitative estimate of drug-likeness (QED) is 0.162. The Kier molecular flexibility index (Phi) is 8.06. The van der Waals surface area contributed by atoms with Gasteiger partial charge in [-0.3, -0.25) is 0 Å². The molecule has 9 aromatic carbocycles. The van der Waals surface area contributed by atoms with Crippen LogP contribution in [0.5, 0.6) is 0 Å². The third-order valence-corrected chi connectivity index (χ3v) is 13.1. The van der Waals surface area contributed by atoms with Gasteiger partial charge in [0, 0.05) is 38.7 Å². The summed E-state index contributed by atoms with van der Waals surface area (Å²) in [7, 11) is 0. The molecule has 0 fully saturated rings. The van der Waals surface area contributed by atoms with Gasteiger partial charge in [0.1, 0.15) is 0 Å². The van der Waals surface area contributed by atoms with Crippen LogP contribution in [0, 0.1) is 0 Å². The number of anilines is 3. The fourth-order valence-corrected chi connectivity index (χ4v) is 10.3. The van der Waals surface area contributed by atoms with Gasteiger partial charge in [0.2, 0.25) is 0 Å². The van der Waals surface area contributed by atoms with Gasteiger partial charge >= 0.3 is 0 Å². The highest BCUT2D eigenvalue weighted by Gasteiger charge is 2.51. The summed E-state index contributed by atoms with van der Waals surface area (Å²) in [6.07, 6.45) is 0. The summed E-state index contributed by atoms with van der Waals surface area (Å²) in [5.41, 5.74) is 16.0. The van der Waals surface area contributed by atoms with Crippen LogP contribution >= 0.6 is 0 Å². The van der Waals surface area contributed by atoms with Crippen molar-refractivity contribution in [3.05, 3.63) is 247 Å². The van der Waals surface area contributed by atoms with Crippen molar-refractivity contribution in [1.29, 1.82) is 0 Å². The minimum absolute atomic E-state index is 0.586. The average molecular weight is 816 g/mol. The van der Waals surface area contributed by atoms with Crippen molar-refractivity contribution in [3.8, 4) is 56.5 Å². The van der Waals surface area contributed by atoms with E-state index in [1.165, 1.54) is 33.4 Å². The first-order valence-electron chi connectivity index (χ1n) is 21.7. The molecule has 0 saturated carbocycles. The molecular formula is C59H37N5. The van der Waals surface area contributed by atoms with E-state index in [0.29, 0.717) is 17.5 Å². The number of aromatic nitrogens is 4. The Morgan fingerprint density at radius 2 is 0.812 bits per heavy atom. The van der Waals surface area contributed by atoms with Crippen LogP contribution in [0.4, 0.5) is 17.1 Å². The van der Waals surface area contributed by atoms with Gasteiger partial charge in [0.15, 0.2) is 17.5 Å². The van der Waals surface area contributed by atoms with Crippen LogP contribution in [0.3, 0.4) is 0 Å². The van der Waals surface area contributed by atoms with E-state index in [-0.39, 0.29) is 0 Å². The molecule has 1 aliphatic heterocycles. The van der Waals surface area contributed by atoms with Crippen LogP contribution in [0.25, 0.3) is 78.2 Å². The number of rotatable bonds is 5. The van der Waals surface area contributed by atoms with E-state index in [1.54, 1.807) is 0 Å². The number of hydrogen-bond acceptors (Lipinski definition) is 5. The second kappa shape index (κ2) is 14.3. The lowest BCUT2D eigenvalue weighted by Crippen LogP contribution is -2.36. The molecule has 0 bridgehead atoms. The van der Waals surface area contributed by atoms with Crippen molar-refractivity contribution < 1.29 is 0 Å². The Bertz CT molecular complexity index is 3510. The Labute approximate surface area is 370 Å². The normalized spacial score (nSPS) is 13.1. The van der Waals surface area contributed by atoms with Gasteiger partial charge in [-0.25, -0.2) is 19.9 Å². The number of fused-ring (bicyclic) bond motifs is 12. The van der Waals surface area contributed by atoms with Gasteiger partial charge < -0.3 is 4.90 Å². The Morgan fingerprint density at radius 3 is 1.42 bits per heavy atom. The van der Waals surface area contributed by atoms with Crippen LogP contribution in [-0.4, -0.2) is 19.9 Å². The fourth-order valence-electron chi connectivity index (χ4n) is 10.3. The van der Waals surface area contributed by atoms with Crippen molar-refractivity contribution in [3.63, 3.8) is 0 Å². The Morgan fingerprint density at radius 1 is 0.312 bits per heavy atom. The fraction of sp³-hybridized carbons (Fsp3) is 0.0169. The van der Waals surface area contributed by atoms with E-state index >= 15 is 0 Å². The topological polar surface area (TPSA) is 54.8 Å². The molecule has 0 amide bonds. The SMILES string of the molecule is c1ccc(-c2nc(-c3ccccc3)nc(-c3ccc4c(c3)nc(-c3ccccc3)c3cc5c(cc34)N(c3ccccc3)c3ccccc3C53c4ccccc4-c4ccccc43)n2)cc1. The van der Waals surface area contributed by atoms with Crippen molar-refractivity contribution in [2.75, 3.05) is 4.90 Å². The lowest BCUT2D eigenvalue weighted by molar-refractivity contribution is 0.754. The van der Waals surface area contributed by atoms with Gasteiger partial charge in [-0.2, -0.15) is 0 Å². The molecule has 298 valence electrons. The van der Waals surface area contributed by atoms with Gasteiger partial charge in [-0.15, -0.1) is 0 Å². The number of nitrogens with zero attached hydrogens (tertiary/aromatic N) is 5. The number of benzene rings is 9. The zero-order valence-corrected chi connectivity index (χ0v) is 34.6. The monoisotopic (exact) mass is 815 g/mol.